The van der Waals surface area contributed by atoms with Gasteiger partial charge in [-0.2, -0.15) is 0 Å². The summed E-state index contributed by atoms with van der Waals surface area (Å²) in [6, 6.07) is 4.81. The SMILES string of the molecule is C[C@@H]1CCC[NH+](Cc2cc(Cl)ccc2[N+](=O)[O-])C1. The van der Waals surface area contributed by atoms with Gasteiger partial charge in [0.15, 0.2) is 0 Å². The molecule has 1 aromatic carbocycles. The molecule has 0 radical (unpaired) electrons. The molecule has 1 saturated heterocycles. The van der Waals surface area contributed by atoms with Gasteiger partial charge in [-0.15, -0.1) is 0 Å². The number of hydrogen-bond donors (Lipinski definition) is 1. The van der Waals surface area contributed by atoms with Gasteiger partial charge in [0.2, 0.25) is 0 Å². The van der Waals surface area contributed by atoms with E-state index in [2.05, 4.69) is 6.92 Å². The monoisotopic (exact) mass is 269 g/mol. The van der Waals surface area contributed by atoms with Crippen LogP contribution in [-0.4, -0.2) is 18.0 Å². The van der Waals surface area contributed by atoms with Crippen LogP contribution in [0.5, 0.6) is 0 Å². The molecule has 0 bridgehead atoms. The van der Waals surface area contributed by atoms with Crippen LogP contribution >= 0.6 is 11.6 Å². The first kappa shape index (κ1) is 13.3. The molecule has 2 atom stereocenters. The Kier molecular flexibility index (Phi) is 4.19. The van der Waals surface area contributed by atoms with Crippen LogP contribution in [0.25, 0.3) is 0 Å². The maximum Gasteiger partial charge on any atom is 0.278 e. The molecule has 0 spiro atoms. The molecule has 1 heterocycles. The maximum absolute atomic E-state index is 11.0. The molecular formula is C13H18ClN2O2+. The number of nitrogens with zero attached hydrogens (tertiary/aromatic N) is 1. The number of nitrogens with one attached hydrogen (secondary N) is 1. The molecule has 1 aromatic rings. The van der Waals surface area contributed by atoms with Crippen molar-refractivity contribution in [2.45, 2.75) is 26.3 Å². The van der Waals surface area contributed by atoms with E-state index < -0.39 is 0 Å². The second-order valence-electron chi connectivity index (χ2n) is 5.16. The number of rotatable bonds is 3. The molecule has 1 aliphatic rings. The summed E-state index contributed by atoms with van der Waals surface area (Å²) in [6.07, 6.45) is 2.46. The van der Waals surface area contributed by atoms with Crippen molar-refractivity contribution in [1.29, 1.82) is 0 Å². The molecule has 5 heteroatoms. The van der Waals surface area contributed by atoms with Crippen LogP contribution in [0.2, 0.25) is 5.02 Å². The fraction of sp³-hybridized carbons (Fsp3) is 0.538. The average Bonchev–Trinajstić information content (AvgIpc) is 2.28. The lowest BCUT2D eigenvalue weighted by atomic mass is 9.99. The lowest BCUT2D eigenvalue weighted by Gasteiger charge is -2.27. The minimum Gasteiger partial charge on any atom is -0.331 e. The highest BCUT2D eigenvalue weighted by atomic mass is 35.5. The second kappa shape index (κ2) is 5.67. The third-order valence-electron chi connectivity index (χ3n) is 3.54. The summed E-state index contributed by atoms with van der Waals surface area (Å²) < 4.78 is 0. The van der Waals surface area contributed by atoms with Crippen molar-refractivity contribution < 1.29 is 9.82 Å². The van der Waals surface area contributed by atoms with Gasteiger partial charge in [-0.3, -0.25) is 10.1 Å². The zero-order valence-electron chi connectivity index (χ0n) is 10.5. The van der Waals surface area contributed by atoms with Crippen LogP contribution in [0.15, 0.2) is 18.2 Å². The highest BCUT2D eigenvalue weighted by molar-refractivity contribution is 6.30. The lowest BCUT2D eigenvalue weighted by Crippen LogP contribution is -3.12. The second-order valence-corrected chi connectivity index (χ2v) is 5.59. The smallest absolute Gasteiger partial charge is 0.278 e. The molecule has 1 aliphatic heterocycles. The molecule has 0 aromatic heterocycles. The zero-order chi connectivity index (χ0) is 13.1. The van der Waals surface area contributed by atoms with E-state index >= 15 is 0 Å². The van der Waals surface area contributed by atoms with Gasteiger partial charge in [0.05, 0.1) is 23.6 Å². The third kappa shape index (κ3) is 3.21. The van der Waals surface area contributed by atoms with Gasteiger partial charge in [0.25, 0.3) is 5.69 Å². The minimum atomic E-state index is -0.321. The van der Waals surface area contributed by atoms with Crippen LogP contribution in [0, 0.1) is 16.0 Å². The molecule has 1 unspecified atom stereocenters. The van der Waals surface area contributed by atoms with Crippen molar-refractivity contribution in [1.82, 2.24) is 0 Å². The predicted octanol–water partition coefficient (Wildman–Crippen LogP) is 2.06. The van der Waals surface area contributed by atoms with E-state index in [0.29, 0.717) is 17.5 Å². The lowest BCUT2D eigenvalue weighted by molar-refractivity contribution is -0.922. The van der Waals surface area contributed by atoms with Crippen molar-refractivity contribution in [3.05, 3.63) is 38.9 Å². The van der Waals surface area contributed by atoms with Crippen molar-refractivity contribution in [3.63, 3.8) is 0 Å². The normalized spacial score (nSPS) is 23.9. The zero-order valence-corrected chi connectivity index (χ0v) is 11.2. The Morgan fingerprint density at radius 3 is 3.00 bits per heavy atom. The number of benzene rings is 1. The topological polar surface area (TPSA) is 47.6 Å². The first-order valence-electron chi connectivity index (χ1n) is 6.32. The van der Waals surface area contributed by atoms with Crippen LogP contribution in [0.4, 0.5) is 5.69 Å². The van der Waals surface area contributed by atoms with Gasteiger partial charge < -0.3 is 4.90 Å². The van der Waals surface area contributed by atoms with Crippen molar-refractivity contribution in [2.24, 2.45) is 5.92 Å². The highest BCUT2D eigenvalue weighted by Crippen LogP contribution is 2.22. The maximum atomic E-state index is 11.0. The van der Waals surface area contributed by atoms with E-state index in [4.69, 9.17) is 11.6 Å². The largest absolute Gasteiger partial charge is 0.331 e. The molecule has 1 fully saturated rings. The molecule has 98 valence electrons. The van der Waals surface area contributed by atoms with E-state index in [9.17, 15) is 10.1 Å². The van der Waals surface area contributed by atoms with Crippen LogP contribution < -0.4 is 4.90 Å². The molecular weight excluding hydrogens is 252 g/mol. The Morgan fingerprint density at radius 2 is 2.33 bits per heavy atom. The van der Waals surface area contributed by atoms with Gasteiger partial charge in [-0.05, 0) is 25.0 Å². The Balaban J connectivity index is 2.16. The Hall–Kier alpha value is -1.13. The van der Waals surface area contributed by atoms with Crippen molar-refractivity contribution in [2.75, 3.05) is 13.1 Å². The first-order chi connectivity index (χ1) is 8.56. The number of nitro groups is 1. The van der Waals surface area contributed by atoms with Gasteiger partial charge in [0.1, 0.15) is 6.54 Å². The third-order valence-corrected chi connectivity index (χ3v) is 3.78. The van der Waals surface area contributed by atoms with Crippen LogP contribution in [0.3, 0.4) is 0 Å². The Bertz CT molecular complexity index is 451. The van der Waals surface area contributed by atoms with Gasteiger partial charge in [-0.1, -0.05) is 18.5 Å². The summed E-state index contributed by atoms with van der Waals surface area (Å²) in [7, 11) is 0. The molecule has 0 amide bonds. The summed E-state index contributed by atoms with van der Waals surface area (Å²) in [4.78, 5) is 12.1. The number of quaternary nitrogens is 1. The number of nitro benzene ring substituents is 1. The summed E-state index contributed by atoms with van der Waals surface area (Å²) in [5.41, 5.74) is 0.932. The fourth-order valence-electron chi connectivity index (χ4n) is 2.70. The van der Waals surface area contributed by atoms with Crippen molar-refractivity contribution >= 4 is 17.3 Å². The minimum absolute atomic E-state index is 0.185. The molecule has 0 aliphatic carbocycles. The van der Waals surface area contributed by atoms with E-state index in [1.165, 1.54) is 23.8 Å². The fourth-order valence-corrected chi connectivity index (χ4v) is 2.90. The summed E-state index contributed by atoms with van der Waals surface area (Å²) in [6.45, 7) is 5.12. The van der Waals surface area contributed by atoms with Crippen molar-refractivity contribution in [3.8, 4) is 0 Å². The first-order valence-corrected chi connectivity index (χ1v) is 6.70. The van der Waals surface area contributed by atoms with E-state index in [1.54, 1.807) is 12.1 Å². The highest BCUT2D eigenvalue weighted by Gasteiger charge is 2.23. The molecule has 4 nitrogen and oxygen atoms in total. The number of piperidine rings is 1. The van der Waals surface area contributed by atoms with E-state index in [0.717, 1.165) is 18.7 Å². The van der Waals surface area contributed by atoms with E-state index in [-0.39, 0.29) is 10.6 Å². The summed E-state index contributed by atoms with van der Waals surface area (Å²) in [5, 5.41) is 11.6. The number of likely N-dealkylation sites (tertiary alicyclic amines) is 1. The summed E-state index contributed by atoms with van der Waals surface area (Å²) in [5.74, 6) is 0.701. The van der Waals surface area contributed by atoms with Gasteiger partial charge in [0, 0.05) is 17.0 Å². The Morgan fingerprint density at radius 1 is 1.56 bits per heavy atom. The Labute approximate surface area is 112 Å². The van der Waals surface area contributed by atoms with Gasteiger partial charge in [-0.25, -0.2) is 0 Å². The van der Waals surface area contributed by atoms with E-state index in [1.807, 2.05) is 0 Å². The molecule has 0 saturated carbocycles. The molecule has 1 N–H and O–H groups in total. The molecule has 2 rings (SSSR count). The quantitative estimate of drug-likeness (QED) is 0.674. The van der Waals surface area contributed by atoms with Crippen LogP contribution in [-0.2, 0) is 6.54 Å². The van der Waals surface area contributed by atoms with Gasteiger partial charge >= 0.3 is 0 Å². The number of halogens is 1. The molecule has 18 heavy (non-hydrogen) atoms. The summed E-state index contributed by atoms with van der Waals surface area (Å²) >= 11 is 5.94. The average molecular weight is 270 g/mol. The standard InChI is InChI=1S/C13H17ClN2O2/c1-10-3-2-6-15(8-10)9-11-7-12(14)4-5-13(11)16(17)18/h4-5,7,10H,2-3,6,8-9H2,1H3/p+1/t10-/m1/s1. The van der Waals surface area contributed by atoms with Crippen LogP contribution in [0.1, 0.15) is 25.3 Å². The predicted molar refractivity (Wildman–Crippen MR) is 70.9 cm³/mol. The number of hydrogen-bond acceptors (Lipinski definition) is 2.